The van der Waals surface area contributed by atoms with Gasteiger partial charge < -0.3 is 10.5 Å². The van der Waals surface area contributed by atoms with Crippen LogP contribution in [0.25, 0.3) is 0 Å². The summed E-state index contributed by atoms with van der Waals surface area (Å²) >= 11 is 0. The Bertz CT molecular complexity index is 375. The summed E-state index contributed by atoms with van der Waals surface area (Å²) in [5.74, 6) is 0.267. The van der Waals surface area contributed by atoms with Gasteiger partial charge in [0.1, 0.15) is 0 Å². The van der Waals surface area contributed by atoms with Crippen molar-refractivity contribution in [3.8, 4) is 0 Å². The minimum atomic E-state index is -3.07. The number of hydrogen-bond donors (Lipinski definition) is 1. The molecular formula is C12H24N2O3S. The van der Waals surface area contributed by atoms with Gasteiger partial charge in [0.05, 0.1) is 11.4 Å². The molecule has 6 heteroatoms. The number of sulfonamides is 1. The van der Waals surface area contributed by atoms with Crippen LogP contribution in [0.5, 0.6) is 0 Å². The maximum absolute atomic E-state index is 12.1. The van der Waals surface area contributed by atoms with Gasteiger partial charge >= 0.3 is 0 Å². The molecule has 1 atom stereocenters. The Morgan fingerprint density at radius 2 is 2.06 bits per heavy atom. The molecule has 0 radical (unpaired) electrons. The summed E-state index contributed by atoms with van der Waals surface area (Å²) in [6.07, 6.45) is 4.01. The highest BCUT2D eigenvalue weighted by molar-refractivity contribution is 7.89. The van der Waals surface area contributed by atoms with Crippen molar-refractivity contribution in [1.29, 1.82) is 0 Å². The number of rotatable bonds is 4. The molecule has 1 unspecified atom stereocenters. The van der Waals surface area contributed by atoms with Crippen LogP contribution in [0.3, 0.4) is 0 Å². The van der Waals surface area contributed by atoms with Crippen molar-refractivity contribution in [2.45, 2.75) is 50.7 Å². The Morgan fingerprint density at radius 1 is 1.39 bits per heavy atom. The molecule has 2 aliphatic rings. The predicted molar refractivity (Wildman–Crippen MR) is 70.8 cm³/mol. The first-order valence-electron chi connectivity index (χ1n) is 6.87. The lowest BCUT2D eigenvalue weighted by Gasteiger charge is -2.40. The molecule has 106 valence electrons. The molecule has 0 aliphatic carbocycles. The highest BCUT2D eigenvalue weighted by Gasteiger charge is 2.45. The maximum Gasteiger partial charge on any atom is 0.214 e. The first-order chi connectivity index (χ1) is 8.50. The molecule has 0 aromatic carbocycles. The van der Waals surface area contributed by atoms with Gasteiger partial charge in [0.2, 0.25) is 10.0 Å². The van der Waals surface area contributed by atoms with Gasteiger partial charge in [-0.05, 0) is 25.7 Å². The van der Waals surface area contributed by atoms with Crippen molar-refractivity contribution in [2.75, 3.05) is 25.4 Å². The Hall–Kier alpha value is -0.170. The van der Waals surface area contributed by atoms with Crippen LogP contribution in [0.4, 0.5) is 0 Å². The van der Waals surface area contributed by atoms with E-state index in [1.807, 2.05) is 6.92 Å². The first kappa shape index (κ1) is 14.2. The molecule has 1 spiro atoms. The smallest absolute Gasteiger partial charge is 0.214 e. The standard InChI is InChI=1S/C12H24N2O3S/c1-2-3-10-18(15,16)14-7-5-12(6-8-14)11(13)4-9-17-12/h11H,2-10,13H2,1H3. The fourth-order valence-electron chi connectivity index (χ4n) is 2.87. The van der Waals surface area contributed by atoms with Crippen LogP contribution in [0.1, 0.15) is 39.0 Å². The molecular weight excluding hydrogens is 252 g/mol. The second-order valence-corrected chi connectivity index (χ2v) is 7.47. The lowest BCUT2D eigenvalue weighted by atomic mass is 9.86. The van der Waals surface area contributed by atoms with Crippen molar-refractivity contribution < 1.29 is 13.2 Å². The first-order valence-corrected chi connectivity index (χ1v) is 8.48. The second-order valence-electron chi connectivity index (χ2n) is 5.38. The fourth-order valence-corrected chi connectivity index (χ4v) is 4.52. The minimum Gasteiger partial charge on any atom is -0.373 e. The van der Waals surface area contributed by atoms with Crippen molar-refractivity contribution >= 4 is 10.0 Å². The lowest BCUT2D eigenvalue weighted by Crippen LogP contribution is -2.54. The summed E-state index contributed by atoms with van der Waals surface area (Å²) in [6.45, 7) is 3.83. The highest BCUT2D eigenvalue weighted by atomic mass is 32.2. The fraction of sp³-hybridized carbons (Fsp3) is 1.00. The maximum atomic E-state index is 12.1. The second kappa shape index (κ2) is 5.45. The number of nitrogens with two attached hydrogens (primary N) is 1. The number of unbranched alkanes of at least 4 members (excludes halogenated alkanes) is 1. The molecule has 18 heavy (non-hydrogen) atoms. The Kier molecular flexibility index (Phi) is 4.31. The molecule has 2 aliphatic heterocycles. The van der Waals surface area contributed by atoms with Crippen LogP contribution in [0.2, 0.25) is 0 Å². The largest absolute Gasteiger partial charge is 0.373 e. The van der Waals surface area contributed by atoms with Gasteiger partial charge in [-0.2, -0.15) is 0 Å². The van der Waals surface area contributed by atoms with E-state index in [0.29, 0.717) is 19.7 Å². The Morgan fingerprint density at radius 3 is 2.56 bits per heavy atom. The zero-order valence-corrected chi connectivity index (χ0v) is 11.9. The summed E-state index contributed by atoms with van der Waals surface area (Å²) < 4.78 is 31.6. The van der Waals surface area contributed by atoms with Gasteiger partial charge in [-0.1, -0.05) is 13.3 Å². The van der Waals surface area contributed by atoms with E-state index in [-0.39, 0.29) is 17.4 Å². The zero-order chi connectivity index (χ0) is 13.2. The zero-order valence-electron chi connectivity index (χ0n) is 11.1. The van der Waals surface area contributed by atoms with Gasteiger partial charge in [-0.15, -0.1) is 0 Å². The third kappa shape index (κ3) is 2.71. The molecule has 0 amide bonds. The van der Waals surface area contributed by atoms with E-state index in [2.05, 4.69) is 0 Å². The summed E-state index contributed by atoms with van der Waals surface area (Å²) in [6, 6.07) is 0.0676. The molecule has 5 nitrogen and oxygen atoms in total. The van der Waals surface area contributed by atoms with Crippen LogP contribution in [0.15, 0.2) is 0 Å². The van der Waals surface area contributed by atoms with Gasteiger partial charge in [-0.25, -0.2) is 12.7 Å². The van der Waals surface area contributed by atoms with Crippen LogP contribution in [0, 0.1) is 0 Å². The Labute approximate surface area is 110 Å². The molecule has 2 N–H and O–H groups in total. The normalized spacial score (nSPS) is 28.9. The van der Waals surface area contributed by atoms with E-state index in [4.69, 9.17) is 10.5 Å². The van der Waals surface area contributed by atoms with Gasteiger partial charge in [0.15, 0.2) is 0 Å². The summed E-state index contributed by atoms with van der Waals surface area (Å²) in [7, 11) is -3.07. The number of nitrogens with zero attached hydrogens (tertiary/aromatic N) is 1. The molecule has 2 heterocycles. The van der Waals surface area contributed by atoms with Gasteiger partial charge in [0.25, 0.3) is 0 Å². The van der Waals surface area contributed by atoms with Gasteiger partial charge in [0, 0.05) is 25.7 Å². The molecule has 0 aromatic heterocycles. The van der Waals surface area contributed by atoms with E-state index < -0.39 is 10.0 Å². The molecule has 0 bridgehead atoms. The summed E-state index contributed by atoms with van der Waals surface area (Å²) in [5.41, 5.74) is 5.83. The van der Waals surface area contributed by atoms with Crippen molar-refractivity contribution in [1.82, 2.24) is 4.31 Å². The number of ether oxygens (including phenoxy) is 1. The van der Waals surface area contributed by atoms with E-state index in [9.17, 15) is 8.42 Å². The van der Waals surface area contributed by atoms with Crippen LogP contribution in [-0.4, -0.2) is 49.8 Å². The lowest BCUT2D eigenvalue weighted by molar-refractivity contribution is -0.0389. The van der Waals surface area contributed by atoms with E-state index in [1.165, 1.54) is 0 Å². The van der Waals surface area contributed by atoms with Crippen LogP contribution >= 0.6 is 0 Å². The quantitative estimate of drug-likeness (QED) is 0.820. The highest BCUT2D eigenvalue weighted by Crippen LogP contribution is 2.35. The SMILES string of the molecule is CCCCS(=O)(=O)N1CCC2(CC1)OCCC2N. The third-order valence-electron chi connectivity index (χ3n) is 4.21. The van der Waals surface area contributed by atoms with Crippen LogP contribution < -0.4 is 5.73 Å². The van der Waals surface area contributed by atoms with E-state index in [0.717, 1.165) is 32.1 Å². The predicted octanol–water partition coefficient (Wildman–Crippen LogP) is 0.699. The molecule has 0 aromatic rings. The number of hydrogen-bond acceptors (Lipinski definition) is 4. The van der Waals surface area contributed by atoms with Crippen molar-refractivity contribution in [2.24, 2.45) is 5.73 Å². The third-order valence-corrected chi connectivity index (χ3v) is 6.17. The topological polar surface area (TPSA) is 72.6 Å². The van der Waals surface area contributed by atoms with E-state index >= 15 is 0 Å². The number of piperidine rings is 1. The van der Waals surface area contributed by atoms with Crippen LogP contribution in [-0.2, 0) is 14.8 Å². The van der Waals surface area contributed by atoms with Gasteiger partial charge in [-0.3, -0.25) is 0 Å². The molecule has 2 rings (SSSR count). The van der Waals surface area contributed by atoms with Crippen molar-refractivity contribution in [3.05, 3.63) is 0 Å². The molecule has 2 saturated heterocycles. The van der Waals surface area contributed by atoms with E-state index in [1.54, 1.807) is 4.31 Å². The average Bonchev–Trinajstić information content (AvgIpc) is 2.69. The monoisotopic (exact) mass is 276 g/mol. The average molecular weight is 276 g/mol. The summed E-state index contributed by atoms with van der Waals surface area (Å²) in [4.78, 5) is 0. The summed E-state index contributed by atoms with van der Waals surface area (Å²) in [5, 5.41) is 0. The Balaban J connectivity index is 1.94. The molecule has 0 saturated carbocycles. The molecule has 2 fully saturated rings. The van der Waals surface area contributed by atoms with Crippen molar-refractivity contribution in [3.63, 3.8) is 0 Å². The minimum absolute atomic E-state index is 0.0676.